The molecule has 2 N–H and O–H groups in total. The lowest BCUT2D eigenvalue weighted by atomic mass is 10.2. The van der Waals surface area contributed by atoms with E-state index in [1.165, 1.54) is 7.11 Å². The number of rotatable bonds is 3. The number of carbonyl (C=O) groups excluding carboxylic acids is 1. The minimum Gasteiger partial charge on any atom is -0.463 e. The normalized spacial score (nSPS) is 12.5. The molecule has 1 heterocycles. The van der Waals surface area contributed by atoms with Crippen LogP contribution >= 0.6 is 0 Å². The zero-order valence-electron chi connectivity index (χ0n) is 7.74. The number of furan rings is 1. The summed E-state index contributed by atoms with van der Waals surface area (Å²) in [7, 11) is 1.31. The van der Waals surface area contributed by atoms with Crippen molar-refractivity contribution in [3.05, 3.63) is 23.7 Å². The third kappa shape index (κ3) is 2.09. The summed E-state index contributed by atoms with van der Waals surface area (Å²) in [5.74, 6) is 0.332. The molecule has 0 fully saturated rings. The van der Waals surface area contributed by atoms with E-state index >= 15 is 0 Å². The number of carbonyl (C=O) groups is 1. The van der Waals surface area contributed by atoms with Crippen molar-refractivity contribution < 1.29 is 13.9 Å². The second-order valence-corrected chi connectivity index (χ2v) is 2.71. The maximum Gasteiger partial charge on any atom is 0.373 e. The van der Waals surface area contributed by atoms with Gasteiger partial charge in [0, 0.05) is 0 Å². The lowest BCUT2D eigenvalue weighted by molar-refractivity contribution is 0.0562. The van der Waals surface area contributed by atoms with Gasteiger partial charge >= 0.3 is 5.97 Å². The quantitative estimate of drug-likeness (QED) is 0.721. The van der Waals surface area contributed by atoms with E-state index in [2.05, 4.69) is 4.74 Å². The van der Waals surface area contributed by atoms with Crippen LogP contribution < -0.4 is 5.73 Å². The molecule has 1 rings (SSSR count). The van der Waals surface area contributed by atoms with Crippen LogP contribution in [0.1, 0.15) is 35.7 Å². The molecule has 0 bridgehead atoms. The van der Waals surface area contributed by atoms with Crippen LogP contribution in [0, 0.1) is 0 Å². The molecule has 0 spiro atoms. The summed E-state index contributed by atoms with van der Waals surface area (Å²) in [6.45, 7) is 1.95. The van der Waals surface area contributed by atoms with Gasteiger partial charge in [0.25, 0.3) is 0 Å². The number of methoxy groups -OCH3 is 1. The predicted octanol–water partition coefficient (Wildman–Crippen LogP) is 1.48. The Morgan fingerprint density at radius 1 is 1.69 bits per heavy atom. The van der Waals surface area contributed by atoms with Gasteiger partial charge < -0.3 is 14.9 Å². The molecule has 4 heteroatoms. The Kier molecular flexibility index (Phi) is 3.08. The molecule has 0 saturated carbocycles. The smallest absolute Gasteiger partial charge is 0.373 e. The van der Waals surface area contributed by atoms with E-state index in [-0.39, 0.29) is 11.8 Å². The van der Waals surface area contributed by atoms with Gasteiger partial charge in [-0.1, -0.05) is 6.92 Å². The highest BCUT2D eigenvalue weighted by molar-refractivity contribution is 5.86. The van der Waals surface area contributed by atoms with E-state index < -0.39 is 5.97 Å². The predicted molar refractivity (Wildman–Crippen MR) is 47.3 cm³/mol. The molecule has 1 aromatic rings. The molecule has 0 aromatic carbocycles. The highest BCUT2D eigenvalue weighted by Crippen LogP contribution is 2.17. The van der Waals surface area contributed by atoms with E-state index in [0.29, 0.717) is 5.76 Å². The fourth-order valence-electron chi connectivity index (χ4n) is 0.964. The van der Waals surface area contributed by atoms with Gasteiger partial charge in [-0.3, -0.25) is 0 Å². The highest BCUT2D eigenvalue weighted by Gasteiger charge is 2.13. The second kappa shape index (κ2) is 4.09. The summed E-state index contributed by atoms with van der Waals surface area (Å²) in [6.07, 6.45) is 0.772. The summed E-state index contributed by atoms with van der Waals surface area (Å²) < 4.78 is 9.68. The van der Waals surface area contributed by atoms with Crippen molar-refractivity contribution in [2.75, 3.05) is 7.11 Å². The fraction of sp³-hybridized carbons (Fsp3) is 0.444. The van der Waals surface area contributed by atoms with Crippen molar-refractivity contribution in [1.82, 2.24) is 0 Å². The number of hydrogen-bond donors (Lipinski definition) is 1. The molecule has 13 heavy (non-hydrogen) atoms. The van der Waals surface area contributed by atoms with Crippen LogP contribution in [0.15, 0.2) is 16.5 Å². The van der Waals surface area contributed by atoms with Crippen LogP contribution in [-0.2, 0) is 4.74 Å². The monoisotopic (exact) mass is 183 g/mol. The van der Waals surface area contributed by atoms with Crippen LogP contribution in [0.2, 0.25) is 0 Å². The number of ether oxygens (including phenoxy) is 1. The average Bonchev–Trinajstić information content (AvgIpc) is 2.64. The molecule has 72 valence electrons. The Hall–Kier alpha value is -1.29. The van der Waals surface area contributed by atoms with Gasteiger partial charge in [0.15, 0.2) is 0 Å². The van der Waals surface area contributed by atoms with Gasteiger partial charge in [0.1, 0.15) is 5.76 Å². The molecule has 0 aliphatic heterocycles. The first-order chi connectivity index (χ1) is 6.19. The van der Waals surface area contributed by atoms with Gasteiger partial charge in [0.2, 0.25) is 5.76 Å². The SMILES string of the molecule is CC[C@H](N)c1ccc(C(=O)OC)o1. The summed E-state index contributed by atoms with van der Waals surface area (Å²) in [6, 6.07) is 3.11. The largest absolute Gasteiger partial charge is 0.463 e. The zero-order valence-corrected chi connectivity index (χ0v) is 7.74. The summed E-state index contributed by atoms with van der Waals surface area (Å²) >= 11 is 0. The molecule has 0 amide bonds. The average molecular weight is 183 g/mol. The minimum atomic E-state index is -0.477. The Bertz CT molecular complexity index is 293. The summed E-state index contributed by atoms with van der Waals surface area (Å²) in [5.41, 5.74) is 5.70. The van der Waals surface area contributed by atoms with Crippen LogP contribution in [0.5, 0.6) is 0 Å². The van der Waals surface area contributed by atoms with Crippen LogP contribution in [0.3, 0.4) is 0 Å². The van der Waals surface area contributed by atoms with Gasteiger partial charge in [-0.2, -0.15) is 0 Å². The molecule has 0 saturated heterocycles. The Morgan fingerprint density at radius 3 is 2.92 bits per heavy atom. The molecular weight excluding hydrogens is 170 g/mol. The molecule has 4 nitrogen and oxygen atoms in total. The summed E-state index contributed by atoms with van der Waals surface area (Å²) in [5, 5.41) is 0. The molecule has 1 atom stereocenters. The van der Waals surface area contributed by atoms with Crippen LogP contribution in [-0.4, -0.2) is 13.1 Å². The molecule has 1 aromatic heterocycles. The van der Waals surface area contributed by atoms with E-state index in [1.54, 1.807) is 12.1 Å². The van der Waals surface area contributed by atoms with E-state index in [1.807, 2.05) is 6.92 Å². The first-order valence-electron chi connectivity index (χ1n) is 4.12. The maximum absolute atomic E-state index is 11.0. The van der Waals surface area contributed by atoms with Crippen molar-refractivity contribution in [1.29, 1.82) is 0 Å². The topological polar surface area (TPSA) is 65.5 Å². The van der Waals surface area contributed by atoms with Crippen molar-refractivity contribution in [2.45, 2.75) is 19.4 Å². The van der Waals surface area contributed by atoms with Gasteiger partial charge in [-0.25, -0.2) is 4.79 Å². The first-order valence-corrected chi connectivity index (χ1v) is 4.12. The third-order valence-electron chi connectivity index (χ3n) is 1.82. The van der Waals surface area contributed by atoms with E-state index in [0.717, 1.165) is 6.42 Å². The Balaban J connectivity index is 2.80. The number of hydrogen-bond acceptors (Lipinski definition) is 4. The number of esters is 1. The maximum atomic E-state index is 11.0. The van der Waals surface area contributed by atoms with Crippen molar-refractivity contribution in [2.24, 2.45) is 5.73 Å². The van der Waals surface area contributed by atoms with Crippen molar-refractivity contribution >= 4 is 5.97 Å². The molecule has 0 radical (unpaired) electrons. The van der Waals surface area contributed by atoms with Crippen LogP contribution in [0.4, 0.5) is 0 Å². The highest BCUT2D eigenvalue weighted by atomic mass is 16.5. The lowest BCUT2D eigenvalue weighted by Crippen LogP contribution is -2.07. The van der Waals surface area contributed by atoms with Crippen LogP contribution in [0.25, 0.3) is 0 Å². The third-order valence-corrected chi connectivity index (χ3v) is 1.82. The number of nitrogens with two attached hydrogens (primary N) is 1. The molecule has 0 unspecified atom stereocenters. The minimum absolute atomic E-state index is 0.154. The molecule has 0 aliphatic rings. The summed E-state index contributed by atoms with van der Waals surface area (Å²) in [4.78, 5) is 11.0. The fourth-order valence-corrected chi connectivity index (χ4v) is 0.964. The van der Waals surface area contributed by atoms with Gasteiger partial charge in [-0.05, 0) is 18.6 Å². The lowest BCUT2D eigenvalue weighted by Gasteiger charge is -2.02. The van der Waals surface area contributed by atoms with E-state index in [9.17, 15) is 4.79 Å². The Morgan fingerprint density at radius 2 is 2.38 bits per heavy atom. The molecule has 0 aliphatic carbocycles. The molecular formula is C9H13NO3. The van der Waals surface area contributed by atoms with Gasteiger partial charge in [-0.15, -0.1) is 0 Å². The first kappa shape index (κ1) is 9.80. The van der Waals surface area contributed by atoms with E-state index in [4.69, 9.17) is 10.2 Å². The van der Waals surface area contributed by atoms with Crippen molar-refractivity contribution in [3.63, 3.8) is 0 Å². The zero-order chi connectivity index (χ0) is 9.84. The van der Waals surface area contributed by atoms with Gasteiger partial charge in [0.05, 0.1) is 13.2 Å². The van der Waals surface area contributed by atoms with Crippen molar-refractivity contribution in [3.8, 4) is 0 Å². The Labute approximate surface area is 76.7 Å². The standard InChI is InChI=1S/C9H13NO3/c1-3-6(10)7-4-5-8(13-7)9(11)12-2/h4-6H,3,10H2,1-2H3/t6-/m0/s1. The second-order valence-electron chi connectivity index (χ2n) is 2.71.